The molecule has 0 atom stereocenters. The molecular formula is C22H34F3N3O2. The Morgan fingerprint density at radius 2 is 1.67 bits per heavy atom. The van der Waals surface area contributed by atoms with Crippen LogP contribution >= 0.6 is 0 Å². The summed E-state index contributed by atoms with van der Waals surface area (Å²) < 4.78 is 39.0. The second-order valence-corrected chi connectivity index (χ2v) is 7.38. The van der Waals surface area contributed by atoms with Crippen molar-refractivity contribution in [2.45, 2.75) is 52.4 Å². The number of carbonyl (C=O) groups excluding carboxylic acids is 2. The monoisotopic (exact) mass is 429 g/mol. The van der Waals surface area contributed by atoms with E-state index in [1.165, 1.54) is 0 Å². The number of piperazine rings is 1. The summed E-state index contributed by atoms with van der Waals surface area (Å²) in [5.41, 5.74) is 0.123. The molecule has 2 fully saturated rings. The highest BCUT2D eigenvalue weighted by molar-refractivity contribution is 5.76. The van der Waals surface area contributed by atoms with Gasteiger partial charge in [0.25, 0.3) is 0 Å². The third-order valence-corrected chi connectivity index (χ3v) is 5.44. The normalized spacial score (nSPS) is 17.2. The molecule has 8 heteroatoms. The SMILES string of the molecule is CC.CNC(=O)CC1(CC=O)CCCC1.Fc1cc(F)c(N2CCNCC2)cc1F. The molecule has 170 valence electrons. The Bertz CT molecular complexity index is 674. The molecule has 1 saturated heterocycles. The van der Waals surface area contributed by atoms with Gasteiger partial charge in [-0.2, -0.15) is 0 Å². The van der Waals surface area contributed by atoms with Crippen molar-refractivity contribution in [2.75, 3.05) is 38.1 Å². The summed E-state index contributed by atoms with van der Waals surface area (Å²) in [6.45, 7) is 6.64. The smallest absolute Gasteiger partial charge is 0.220 e. The van der Waals surface area contributed by atoms with E-state index in [9.17, 15) is 22.8 Å². The molecule has 0 spiro atoms. The van der Waals surface area contributed by atoms with E-state index in [1.807, 2.05) is 13.8 Å². The van der Waals surface area contributed by atoms with Crippen LogP contribution in [0.4, 0.5) is 18.9 Å². The molecule has 2 aliphatic rings. The lowest BCUT2D eigenvalue weighted by molar-refractivity contribution is -0.123. The maximum atomic E-state index is 13.3. The number of rotatable bonds is 5. The van der Waals surface area contributed by atoms with Crippen LogP contribution in [0.25, 0.3) is 0 Å². The molecule has 1 aromatic carbocycles. The Kier molecular flexibility index (Phi) is 11.5. The molecule has 1 aliphatic heterocycles. The second kappa shape index (κ2) is 13.3. The molecule has 5 nitrogen and oxygen atoms in total. The van der Waals surface area contributed by atoms with Crippen LogP contribution in [0.15, 0.2) is 12.1 Å². The Hall–Kier alpha value is -2.09. The lowest BCUT2D eigenvalue weighted by atomic mass is 9.80. The molecule has 1 amide bonds. The fourth-order valence-electron chi connectivity index (χ4n) is 3.84. The summed E-state index contributed by atoms with van der Waals surface area (Å²) in [7, 11) is 1.64. The van der Waals surface area contributed by atoms with Gasteiger partial charge in [-0.15, -0.1) is 0 Å². The summed E-state index contributed by atoms with van der Waals surface area (Å²) in [4.78, 5) is 23.4. The number of nitrogens with zero attached hydrogens (tertiary/aromatic N) is 1. The number of nitrogens with one attached hydrogen (secondary N) is 2. The van der Waals surface area contributed by atoms with E-state index in [-0.39, 0.29) is 17.0 Å². The highest BCUT2D eigenvalue weighted by Gasteiger charge is 2.35. The molecule has 1 saturated carbocycles. The van der Waals surface area contributed by atoms with Crippen LogP contribution in [-0.2, 0) is 9.59 Å². The standard InChI is InChI=1S/C10H11F3N2.C10H17NO2.C2H6/c11-7-5-9(13)10(6-8(7)12)15-3-1-14-2-4-15;1-11-9(13)8-10(6-7-12)4-2-3-5-10;1-2/h5-6,14H,1-4H2;7H,2-6,8H2,1H3,(H,11,13);1-2H3. The van der Waals surface area contributed by atoms with Crippen molar-refractivity contribution in [2.24, 2.45) is 5.41 Å². The topological polar surface area (TPSA) is 61.4 Å². The molecule has 1 heterocycles. The zero-order valence-corrected chi connectivity index (χ0v) is 18.2. The maximum Gasteiger partial charge on any atom is 0.220 e. The number of anilines is 1. The highest BCUT2D eigenvalue weighted by atomic mass is 19.2. The predicted octanol–water partition coefficient (Wildman–Crippen LogP) is 3.81. The third-order valence-electron chi connectivity index (χ3n) is 5.44. The van der Waals surface area contributed by atoms with Gasteiger partial charge in [0.2, 0.25) is 5.91 Å². The van der Waals surface area contributed by atoms with Crippen molar-refractivity contribution >= 4 is 17.9 Å². The summed E-state index contributed by atoms with van der Waals surface area (Å²) in [6, 6.07) is 1.50. The fourth-order valence-corrected chi connectivity index (χ4v) is 3.84. The first-order chi connectivity index (χ1) is 14.4. The van der Waals surface area contributed by atoms with Gasteiger partial charge in [0.05, 0.1) is 5.69 Å². The Morgan fingerprint density at radius 3 is 2.20 bits per heavy atom. The molecule has 2 N–H and O–H groups in total. The van der Waals surface area contributed by atoms with Gasteiger partial charge in [-0.05, 0) is 18.3 Å². The number of hydrogen-bond acceptors (Lipinski definition) is 4. The zero-order chi connectivity index (χ0) is 22.6. The summed E-state index contributed by atoms with van der Waals surface area (Å²) >= 11 is 0. The van der Waals surface area contributed by atoms with E-state index in [4.69, 9.17) is 0 Å². The van der Waals surface area contributed by atoms with Crippen LogP contribution in [0, 0.1) is 22.9 Å². The average Bonchev–Trinajstić information content (AvgIpc) is 3.21. The van der Waals surface area contributed by atoms with Crippen molar-refractivity contribution in [3.05, 3.63) is 29.6 Å². The Balaban J connectivity index is 0.000000280. The van der Waals surface area contributed by atoms with E-state index in [1.54, 1.807) is 11.9 Å². The minimum absolute atomic E-state index is 0.0121. The largest absolute Gasteiger partial charge is 0.367 e. The van der Waals surface area contributed by atoms with Crippen molar-refractivity contribution in [1.29, 1.82) is 0 Å². The zero-order valence-electron chi connectivity index (χ0n) is 18.2. The summed E-state index contributed by atoms with van der Waals surface area (Å²) in [6.07, 6.45) is 6.38. The molecule has 30 heavy (non-hydrogen) atoms. The number of halogens is 3. The van der Waals surface area contributed by atoms with Gasteiger partial charge in [-0.3, -0.25) is 4.79 Å². The molecule has 0 unspecified atom stereocenters. The molecular weight excluding hydrogens is 395 g/mol. The number of carbonyl (C=O) groups is 2. The third kappa shape index (κ3) is 7.63. The lowest BCUT2D eigenvalue weighted by Gasteiger charge is -2.29. The number of aldehydes is 1. The molecule has 1 aliphatic carbocycles. The molecule has 3 rings (SSSR count). The second-order valence-electron chi connectivity index (χ2n) is 7.38. The van der Waals surface area contributed by atoms with E-state index in [0.29, 0.717) is 32.0 Å². The molecule has 0 bridgehead atoms. The minimum atomic E-state index is -1.15. The Morgan fingerprint density at radius 1 is 1.10 bits per heavy atom. The molecule has 0 aromatic heterocycles. The van der Waals surface area contributed by atoms with Crippen LogP contribution in [0.2, 0.25) is 0 Å². The van der Waals surface area contributed by atoms with Gasteiger partial charge in [0.1, 0.15) is 12.1 Å². The lowest BCUT2D eigenvalue weighted by Crippen LogP contribution is -2.43. The quantitative estimate of drug-likeness (QED) is 0.552. The van der Waals surface area contributed by atoms with Gasteiger partial charge in [-0.1, -0.05) is 26.7 Å². The maximum absolute atomic E-state index is 13.3. The average molecular weight is 430 g/mol. The number of benzene rings is 1. The number of amides is 1. The highest BCUT2D eigenvalue weighted by Crippen LogP contribution is 2.43. The summed E-state index contributed by atoms with van der Waals surface area (Å²) in [5.74, 6) is -2.81. The van der Waals surface area contributed by atoms with Crippen LogP contribution < -0.4 is 15.5 Å². The van der Waals surface area contributed by atoms with Gasteiger partial charge < -0.3 is 20.3 Å². The van der Waals surface area contributed by atoms with Crippen molar-refractivity contribution in [1.82, 2.24) is 10.6 Å². The van der Waals surface area contributed by atoms with Gasteiger partial charge in [0, 0.05) is 58.2 Å². The van der Waals surface area contributed by atoms with Crippen molar-refractivity contribution in [3.63, 3.8) is 0 Å². The predicted molar refractivity (Wildman–Crippen MR) is 113 cm³/mol. The van der Waals surface area contributed by atoms with Crippen LogP contribution in [0.5, 0.6) is 0 Å². The molecule has 1 aromatic rings. The van der Waals surface area contributed by atoms with E-state index in [2.05, 4.69) is 10.6 Å². The van der Waals surface area contributed by atoms with E-state index >= 15 is 0 Å². The van der Waals surface area contributed by atoms with Crippen molar-refractivity contribution in [3.8, 4) is 0 Å². The fraction of sp³-hybridized carbons (Fsp3) is 0.636. The van der Waals surface area contributed by atoms with E-state index < -0.39 is 17.5 Å². The molecule has 0 radical (unpaired) electrons. The van der Waals surface area contributed by atoms with E-state index in [0.717, 1.165) is 51.1 Å². The first-order valence-electron chi connectivity index (χ1n) is 10.7. The van der Waals surface area contributed by atoms with Crippen LogP contribution in [0.3, 0.4) is 0 Å². The first kappa shape index (κ1) is 25.9. The van der Waals surface area contributed by atoms with Gasteiger partial charge in [-0.25, -0.2) is 13.2 Å². The van der Waals surface area contributed by atoms with Crippen LogP contribution in [0.1, 0.15) is 52.4 Å². The van der Waals surface area contributed by atoms with Gasteiger partial charge >= 0.3 is 0 Å². The van der Waals surface area contributed by atoms with Gasteiger partial charge in [0.15, 0.2) is 11.6 Å². The minimum Gasteiger partial charge on any atom is -0.367 e. The first-order valence-corrected chi connectivity index (χ1v) is 10.7. The Labute approximate surface area is 177 Å². The summed E-state index contributed by atoms with van der Waals surface area (Å²) in [5, 5.41) is 5.72. The van der Waals surface area contributed by atoms with Crippen LogP contribution in [-0.4, -0.2) is 45.4 Å². The number of hydrogen-bond donors (Lipinski definition) is 2. The van der Waals surface area contributed by atoms with Crippen molar-refractivity contribution < 1.29 is 22.8 Å².